The zero-order valence-electron chi connectivity index (χ0n) is 15.9. The Morgan fingerprint density at radius 3 is 2.54 bits per heavy atom. The van der Waals surface area contributed by atoms with Crippen molar-refractivity contribution in [1.82, 2.24) is 19.4 Å². The molecule has 3 aromatic rings. The third kappa shape index (κ3) is 3.70. The lowest BCUT2D eigenvalue weighted by molar-refractivity contribution is 0.509. The molecular weight excluding hydrogens is 342 g/mol. The largest absolute Gasteiger partial charge is 0.348 e. The lowest BCUT2D eigenvalue weighted by Crippen LogP contribution is -2.08. The molecule has 136 valence electrons. The van der Waals surface area contributed by atoms with E-state index in [0.29, 0.717) is 16.5 Å². The third-order valence-corrected chi connectivity index (χ3v) is 4.70. The van der Waals surface area contributed by atoms with Gasteiger partial charge in [-0.3, -0.25) is 0 Å². The number of H-pyrrole nitrogens is 1. The zero-order valence-corrected chi connectivity index (χ0v) is 16.8. The molecule has 26 heavy (non-hydrogen) atoms. The first kappa shape index (κ1) is 18.3. The van der Waals surface area contributed by atoms with Crippen LogP contribution < -0.4 is 0 Å². The molecule has 0 aliphatic heterocycles. The summed E-state index contributed by atoms with van der Waals surface area (Å²) in [6, 6.07) is 10.3. The molecule has 0 saturated carbocycles. The molecule has 0 amide bonds. The van der Waals surface area contributed by atoms with Gasteiger partial charge in [0.2, 0.25) is 4.77 Å². The van der Waals surface area contributed by atoms with Gasteiger partial charge >= 0.3 is 0 Å². The second-order valence-corrected chi connectivity index (χ2v) is 7.49. The first-order valence-corrected chi connectivity index (χ1v) is 9.23. The summed E-state index contributed by atoms with van der Waals surface area (Å²) in [7, 11) is 0. The number of aromatic amines is 1. The summed E-state index contributed by atoms with van der Waals surface area (Å²) in [5.74, 6) is 1.31. The normalized spacial score (nSPS) is 11.8. The lowest BCUT2D eigenvalue weighted by atomic mass is 10.1. The highest BCUT2D eigenvalue weighted by molar-refractivity contribution is 7.71. The quantitative estimate of drug-likeness (QED) is 0.516. The van der Waals surface area contributed by atoms with Crippen molar-refractivity contribution in [3.05, 3.63) is 57.6 Å². The molecule has 5 nitrogen and oxygen atoms in total. The van der Waals surface area contributed by atoms with Gasteiger partial charge in [-0.15, -0.1) is 0 Å². The Balaban J connectivity index is 1.96. The molecule has 0 saturated heterocycles. The fourth-order valence-electron chi connectivity index (χ4n) is 3.01. The maximum atomic E-state index is 5.36. The van der Waals surface area contributed by atoms with Crippen molar-refractivity contribution in [2.75, 3.05) is 0 Å². The molecule has 0 spiro atoms. The van der Waals surface area contributed by atoms with Crippen molar-refractivity contribution in [2.24, 2.45) is 11.0 Å². The summed E-state index contributed by atoms with van der Waals surface area (Å²) in [4.78, 5) is 0. The number of hydrogen-bond acceptors (Lipinski definition) is 3. The first-order valence-electron chi connectivity index (χ1n) is 8.82. The number of nitrogens with one attached hydrogen (secondary N) is 1. The van der Waals surface area contributed by atoms with Gasteiger partial charge in [0.15, 0.2) is 5.82 Å². The van der Waals surface area contributed by atoms with Crippen LogP contribution in [0, 0.1) is 31.5 Å². The first-order chi connectivity index (χ1) is 12.4. The molecule has 6 heteroatoms. The van der Waals surface area contributed by atoms with Crippen LogP contribution in [0.4, 0.5) is 0 Å². The molecule has 2 heterocycles. The molecule has 1 aromatic carbocycles. The molecule has 0 atom stereocenters. The number of aromatic nitrogens is 4. The van der Waals surface area contributed by atoms with E-state index in [0.717, 1.165) is 17.7 Å². The topological polar surface area (TPSA) is 50.9 Å². The molecular formula is C20H25N5S. The van der Waals surface area contributed by atoms with Gasteiger partial charge in [0.25, 0.3) is 0 Å². The number of nitrogens with zero attached hydrogens (tertiary/aromatic N) is 4. The molecule has 0 bridgehead atoms. The average molecular weight is 368 g/mol. The Hall–Kier alpha value is -2.47. The summed E-state index contributed by atoms with van der Waals surface area (Å²) >= 11 is 5.36. The lowest BCUT2D eigenvalue weighted by Gasteiger charge is -2.11. The maximum absolute atomic E-state index is 5.36. The molecule has 0 aliphatic rings. The van der Waals surface area contributed by atoms with Crippen LogP contribution in [0.15, 0.2) is 35.4 Å². The number of aryl methyl sites for hydroxylation is 2. The van der Waals surface area contributed by atoms with Gasteiger partial charge in [-0.05, 0) is 45.0 Å². The van der Waals surface area contributed by atoms with Gasteiger partial charge in [0.1, 0.15) is 0 Å². The Morgan fingerprint density at radius 1 is 1.19 bits per heavy atom. The number of hydrogen-bond donors (Lipinski definition) is 1. The second-order valence-electron chi connectivity index (χ2n) is 7.11. The van der Waals surface area contributed by atoms with Gasteiger partial charge < -0.3 is 4.57 Å². The van der Waals surface area contributed by atoms with E-state index < -0.39 is 0 Å². The fourth-order valence-corrected chi connectivity index (χ4v) is 3.19. The average Bonchev–Trinajstić information content (AvgIpc) is 3.08. The molecule has 0 aliphatic carbocycles. The SMILES string of the molecule is Cc1ccc(-c2n[nH]c(=S)n2/N=C\c2cc(C)n(CC(C)C)c2C)cc1. The summed E-state index contributed by atoms with van der Waals surface area (Å²) in [5, 5.41) is 11.8. The van der Waals surface area contributed by atoms with Crippen LogP contribution in [-0.2, 0) is 6.54 Å². The van der Waals surface area contributed by atoms with E-state index in [4.69, 9.17) is 12.2 Å². The number of benzene rings is 1. The highest BCUT2D eigenvalue weighted by Crippen LogP contribution is 2.19. The minimum atomic E-state index is 0.479. The van der Waals surface area contributed by atoms with Gasteiger partial charge in [-0.2, -0.15) is 14.9 Å². The van der Waals surface area contributed by atoms with Crippen LogP contribution in [0.3, 0.4) is 0 Å². The predicted molar refractivity (Wildman–Crippen MR) is 109 cm³/mol. The van der Waals surface area contributed by atoms with E-state index in [2.05, 4.69) is 72.7 Å². The summed E-state index contributed by atoms with van der Waals surface area (Å²) in [6.45, 7) is 11.8. The Labute approximate surface area is 159 Å². The number of rotatable bonds is 5. The van der Waals surface area contributed by atoms with Crippen molar-refractivity contribution < 1.29 is 0 Å². The molecule has 0 fully saturated rings. The molecule has 0 radical (unpaired) electrons. The second kappa shape index (κ2) is 7.41. The van der Waals surface area contributed by atoms with Gasteiger partial charge in [0, 0.05) is 29.1 Å². The monoisotopic (exact) mass is 367 g/mol. The van der Waals surface area contributed by atoms with Crippen LogP contribution in [0.25, 0.3) is 11.4 Å². The Kier molecular flexibility index (Phi) is 5.23. The highest BCUT2D eigenvalue weighted by atomic mass is 32.1. The van der Waals surface area contributed by atoms with E-state index in [1.54, 1.807) is 4.68 Å². The smallest absolute Gasteiger partial charge is 0.216 e. The van der Waals surface area contributed by atoms with Crippen LogP contribution in [0.1, 0.15) is 36.4 Å². The predicted octanol–water partition coefficient (Wildman–Crippen LogP) is 4.87. The Bertz CT molecular complexity index is 986. The summed E-state index contributed by atoms with van der Waals surface area (Å²) in [6.07, 6.45) is 1.86. The zero-order chi connectivity index (χ0) is 18.8. The van der Waals surface area contributed by atoms with Crippen molar-refractivity contribution in [3.8, 4) is 11.4 Å². The Morgan fingerprint density at radius 2 is 1.88 bits per heavy atom. The van der Waals surface area contributed by atoms with Crippen molar-refractivity contribution in [1.29, 1.82) is 0 Å². The van der Waals surface area contributed by atoms with Gasteiger partial charge in [-0.25, -0.2) is 5.10 Å². The third-order valence-electron chi connectivity index (χ3n) is 4.43. The summed E-state index contributed by atoms with van der Waals surface area (Å²) in [5.41, 5.74) is 5.74. The molecule has 1 N–H and O–H groups in total. The highest BCUT2D eigenvalue weighted by Gasteiger charge is 2.10. The van der Waals surface area contributed by atoms with Crippen molar-refractivity contribution in [2.45, 2.75) is 41.2 Å². The van der Waals surface area contributed by atoms with Crippen LogP contribution in [0.2, 0.25) is 0 Å². The van der Waals surface area contributed by atoms with Crippen molar-refractivity contribution in [3.63, 3.8) is 0 Å². The molecule has 0 unspecified atom stereocenters. The van der Waals surface area contributed by atoms with Crippen LogP contribution in [0.5, 0.6) is 0 Å². The van der Waals surface area contributed by atoms with E-state index in [-0.39, 0.29) is 0 Å². The molecule has 3 rings (SSSR count). The van der Waals surface area contributed by atoms with Gasteiger partial charge in [-0.1, -0.05) is 43.7 Å². The maximum Gasteiger partial charge on any atom is 0.216 e. The summed E-state index contributed by atoms with van der Waals surface area (Å²) < 4.78 is 4.49. The van der Waals surface area contributed by atoms with Crippen LogP contribution >= 0.6 is 12.2 Å². The van der Waals surface area contributed by atoms with Gasteiger partial charge in [0.05, 0.1) is 6.21 Å². The minimum absolute atomic E-state index is 0.479. The van der Waals surface area contributed by atoms with E-state index in [1.807, 2.05) is 18.3 Å². The van der Waals surface area contributed by atoms with Crippen LogP contribution in [-0.4, -0.2) is 25.7 Å². The minimum Gasteiger partial charge on any atom is -0.348 e. The van der Waals surface area contributed by atoms with E-state index >= 15 is 0 Å². The fraction of sp³-hybridized carbons (Fsp3) is 0.350. The molecule has 2 aromatic heterocycles. The van der Waals surface area contributed by atoms with E-state index in [1.165, 1.54) is 17.0 Å². The van der Waals surface area contributed by atoms with E-state index in [9.17, 15) is 0 Å². The van der Waals surface area contributed by atoms with Crippen molar-refractivity contribution >= 4 is 18.4 Å². The standard InChI is InChI=1S/C20H25N5S/c1-13(2)12-24-15(4)10-18(16(24)5)11-21-25-19(22-23-20(25)26)17-8-6-14(3)7-9-17/h6-11,13H,12H2,1-5H3,(H,23,26)/b21-11-.